The number of aromatic hydroxyl groups is 3. The molecule has 4 amide bonds. The summed E-state index contributed by atoms with van der Waals surface area (Å²) in [5.74, 6) is -18.5. The Morgan fingerprint density at radius 3 is 2.05 bits per heavy atom. The first-order valence-corrected chi connectivity index (χ1v) is 37.2. The number of aldehydes is 1. The van der Waals surface area contributed by atoms with Crippen molar-refractivity contribution in [3.8, 4) is 57.1 Å². The van der Waals surface area contributed by atoms with Crippen molar-refractivity contribution in [2.45, 2.75) is 201 Å². The van der Waals surface area contributed by atoms with Gasteiger partial charge in [-0.1, -0.05) is 67.4 Å². The quantitative estimate of drug-likeness (QED) is 0.0390. The first kappa shape index (κ1) is 82.6. The average molecular weight is 1580 g/mol. The number of allylic oxidation sites excluding steroid dienone is 2. The first-order chi connectivity index (χ1) is 52.8. The van der Waals surface area contributed by atoms with Crippen molar-refractivity contribution in [2.75, 3.05) is 13.7 Å². The molecule has 15 N–H and O–H groups in total. The van der Waals surface area contributed by atoms with Gasteiger partial charge in [0.25, 0.3) is 0 Å². The Balaban J connectivity index is 1.11. The number of carbonyl (C=O) groups is 9. The number of aliphatic carboxylic acids is 1. The zero-order chi connectivity index (χ0) is 80.2. The zero-order valence-corrected chi connectivity index (χ0v) is 62.5. The van der Waals surface area contributed by atoms with E-state index in [-0.39, 0.29) is 57.5 Å². The number of carbonyl (C=O) groups excluding carboxylic acids is 8. The second kappa shape index (κ2) is 35.1. The third-order valence-electron chi connectivity index (χ3n) is 21.0. The van der Waals surface area contributed by atoms with Gasteiger partial charge in [0.15, 0.2) is 41.5 Å². The van der Waals surface area contributed by atoms with Crippen LogP contribution in [0.1, 0.15) is 156 Å². The minimum Gasteiger partial charge on any atom is -0.508 e. The minimum atomic E-state index is -2.20. The maximum absolute atomic E-state index is 16.3. The number of phenolic OH excluding ortho intramolecular Hbond substituents is 3. The summed E-state index contributed by atoms with van der Waals surface area (Å²) >= 11 is 14.3. The topological polar surface area (TPSA) is 481 Å². The fourth-order valence-corrected chi connectivity index (χ4v) is 15.4. The highest BCUT2D eigenvalue weighted by Gasteiger charge is 2.53. The van der Waals surface area contributed by atoms with Crippen LogP contribution in [0.3, 0.4) is 0 Å². The number of aliphatic hydroxyl groups is 6. The Bertz CT molecular complexity index is 4410. The molecule has 31 nitrogen and oxygen atoms in total. The number of benzene rings is 5. The van der Waals surface area contributed by atoms with Crippen molar-refractivity contribution in [3.05, 3.63) is 129 Å². The molecular formula is C78H89Cl2N5O26. The summed E-state index contributed by atoms with van der Waals surface area (Å²) in [4.78, 5) is 132. The Morgan fingerprint density at radius 1 is 0.739 bits per heavy atom. The number of Topliss-reactive ketones (excluding diaryl/α,β-unsaturated/α-hetero) is 3. The Kier molecular flexibility index (Phi) is 26.2. The van der Waals surface area contributed by atoms with E-state index < -0.39 is 251 Å². The summed E-state index contributed by atoms with van der Waals surface area (Å²) in [5.41, 5.74) is -3.80. The lowest BCUT2D eigenvalue weighted by atomic mass is 9.79. The maximum Gasteiger partial charge on any atom is 0.407 e. The van der Waals surface area contributed by atoms with Gasteiger partial charge in [0, 0.05) is 60.8 Å². The minimum absolute atomic E-state index is 0.0715. The van der Waals surface area contributed by atoms with E-state index in [9.17, 15) is 79.8 Å². The molecule has 0 aromatic heterocycles. The van der Waals surface area contributed by atoms with Gasteiger partial charge in [-0.15, -0.1) is 0 Å². The molecule has 19 unspecified atom stereocenters. The zero-order valence-electron chi connectivity index (χ0n) is 61.0. The van der Waals surface area contributed by atoms with Crippen LogP contribution in [0, 0.1) is 17.8 Å². The predicted molar refractivity (Wildman–Crippen MR) is 391 cm³/mol. The van der Waals surface area contributed by atoms with Gasteiger partial charge in [0.2, 0.25) is 29.8 Å². The fraction of sp³-hybridized carbons (Fsp3) is 0.474. The number of carboxylic acid groups (broad SMARTS) is 1. The van der Waals surface area contributed by atoms with Crippen molar-refractivity contribution >= 4 is 76.6 Å². The number of alkyl carbamates (subject to hydrolysis) is 1. The number of ether oxygens (including phenoxy) is 7. The van der Waals surface area contributed by atoms with E-state index in [1.165, 1.54) is 57.3 Å². The van der Waals surface area contributed by atoms with Crippen molar-refractivity contribution in [1.82, 2.24) is 26.6 Å². The van der Waals surface area contributed by atoms with Gasteiger partial charge in [-0.25, -0.2) is 9.59 Å². The summed E-state index contributed by atoms with van der Waals surface area (Å²) in [6.07, 6.45) is -15.4. The van der Waals surface area contributed by atoms with E-state index in [1.807, 2.05) is 19.9 Å². The summed E-state index contributed by atoms with van der Waals surface area (Å²) < 4.78 is 45.1. The third-order valence-corrected chi connectivity index (χ3v) is 21.5. The number of likely N-dealkylation sites (N-methyl/N-ethyl adjacent to an activating group) is 1. The molecule has 2 saturated heterocycles. The summed E-state index contributed by atoms with van der Waals surface area (Å²) in [5, 5.41) is 129. The van der Waals surface area contributed by atoms with Crippen LogP contribution in [0.15, 0.2) is 91.0 Å². The number of hydrogen-bond donors (Lipinski definition) is 15. The number of phenols is 3. The molecule has 5 aromatic rings. The highest BCUT2D eigenvalue weighted by atomic mass is 35.5. The van der Waals surface area contributed by atoms with Crippen LogP contribution in [-0.2, 0) is 57.3 Å². The van der Waals surface area contributed by atoms with Crippen molar-refractivity contribution in [1.29, 1.82) is 0 Å². The molecule has 2 fully saturated rings. The highest BCUT2D eigenvalue weighted by molar-refractivity contribution is 6.32. The van der Waals surface area contributed by atoms with Crippen LogP contribution in [0.5, 0.6) is 46.0 Å². The lowest BCUT2D eigenvalue weighted by molar-refractivity contribution is -0.334. The van der Waals surface area contributed by atoms with Crippen LogP contribution in [-0.4, -0.2) is 191 Å². The Morgan fingerprint density at radius 2 is 1.41 bits per heavy atom. The molecule has 0 radical (unpaired) electrons. The van der Waals surface area contributed by atoms with Crippen LogP contribution in [0.2, 0.25) is 10.0 Å². The van der Waals surface area contributed by atoms with E-state index in [0.717, 1.165) is 55.3 Å². The number of fused-ring (bicyclic) bond motifs is 15. The number of ketones is 3. The normalized spacial score (nSPS) is 29.8. The van der Waals surface area contributed by atoms with E-state index in [1.54, 1.807) is 0 Å². The molecule has 13 rings (SSSR count). The summed E-state index contributed by atoms with van der Waals surface area (Å²) in [6, 6.07) is 7.31. The SMILES string of the molecule is CNC(CC(C)C)C(=O)NC1C(=O)CC(CC=O)C(=O)NC2C(=O)CC3C(=O)CC(C(=O)NC(C(=O)O)c4cc(O)cc(O)c4-c4cc3ccc4O)C(O)c3ccc(c(Cl)c3)Oc3cc2cc(c3OC2OC(CO)C(O)C(O)C2OC2CC(C)(NC(=O)OC3CC/C=C/CCC3)C(O)C(C)O2)Oc2ccc(cc2Cl)C1O. The lowest BCUT2D eigenvalue weighted by Gasteiger charge is -2.48. The van der Waals surface area contributed by atoms with Crippen LogP contribution in [0.25, 0.3) is 11.1 Å². The van der Waals surface area contributed by atoms with Crippen molar-refractivity contribution in [2.24, 2.45) is 17.8 Å². The standard InChI is InChI=1S/C78H89Cl2N5O26/c1-34(2)21-49(81-5)74(101)84-64-53(92)25-39(19-20-86)72(99)82-62-40-26-57(107-55-17-14-37(23-47(55)79)65(94)46-31-51(90)43(30-54(62)93)36-13-16-50(89)44(22-36)61-45(28-41(88)29-52(61)91)63(75(102)103)83-73(46)100)69(58(27-40)108-56-18-15-38(66(64)95)24-48(56)80)111-76-70(68(97)67(96)59(33-87)109-76)110-60-32-78(4,71(98)35(3)105-60)85-77(104)106-42-11-9-7-6-8-10-12-42/h6-7,13-18,20,22-24,26-29,34-35,39,42-43,46,49,59-60,62-68,70-71,76,81,87-89,91,94-98H,8-12,19,21,25,30-33H2,1-5H3,(H,82,99)(H,83,100)(H,84,101)(H,85,104)(H,102,103)/b7-6+. The van der Waals surface area contributed by atoms with E-state index >= 15 is 14.4 Å². The van der Waals surface area contributed by atoms with Crippen LogP contribution >= 0.6 is 23.2 Å². The lowest BCUT2D eigenvalue weighted by Crippen LogP contribution is -2.66. The van der Waals surface area contributed by atoms with E-state index in [4.69, 9.17) is 56.4 Å². The number of rotatable bonds is 15. The number of hydrogen-bond acceptors (Lipinski definition) is 26. The largest absolute Gasteiger partial charge is 0.508 e. The molecular weight excluding hydrogens is 1490 g/mol. The molecule has 5 aromatic carbocycles. The van der Waals surface area contributed by atoms with Crippen LogP contribution < -0.4 is 40.8 Å². The van der Waals surface area contributed by atoms with Gasteiger partial charge >= 0.3 is 12.1 Å². The van der Waals surface area contributed by atoms with Crippen LogP contribution in [0.4, 0.5) is 4.79 Å². The number of amides is 4. The van der Waals surface area contributed by atoms with Gasteiger partial charge in [-0.3, -0.25) is 28.8 Å². The summed E-state index contributed by atoms with van der Waals surface area (Å²) in [6.45, 7) is 5.69. The Hall–Kier alpha value is -9.35. The van der Waals surface area contributed by atoms with Gasteiger partial charge in [0.1, 0.15) is 89.5 Å². The second-order valence-corrected chi connectivity index (χ2v) is 30.2. The third kappa shape index (κ3) is 18.4. The number of aliphatic hydroxyl groups excluding tert-OH is 6. The fourth-order valence-electron chi connectivity index (χ4n) is 14.9. The number of halogens is 2. The molecule has 7 aliphatic heterocycles. The van der Waals surface area contributed by atoms with Crippen molar-refractivity contribution < 1.29 is 127 Å². The smallest absolute Gasteiger partial charge is 0.407 e. The molecule has 1 aliphatic carbocycles. The molecule has 111 heavy (non-hydrogen) atoms. The summed E-state index contributed by atoms with van der Waals surface area (Å²) in [7, 11) is 1.50. The highest BCUT2D eigenvalue weighted by Crippen LogP contribution is 2.51. The van der Waals surface area contributed by atoms with Gasteiger partial charge in [-0.2, -0.15) is 0 Å². The molecule has 33 heteroatoms. The molecule has 7 heterocycles. The number of carboxylic acids is 1. The molecule has 0 spiro atoms. The average Bonchev–Trinajstić information content (AvgIpc) is 0.769. The number of nitrogens with one attached hydrogen (secondary N) is 5. The maximum atomic E-state index is 16.3. The van der Waals surface area contributed by atoms with E-state index in [0.29, 0.717) is 25.5 Å². The van der Waals surface area contributed by atoms with E-state index in [2.05, 4.69) is 32.7 Å². The van der Waals surface area contributed by atoms with Crippen molar-refractivity contribution in [3.63, 3.8) is 0 Å². The first-order valence-electron chi connectivity index (χ1n) is 36.4. The molecule has 0 saturated carbocycles. The molecule has 19 atom stereocenters. The van der Waals surface area contributed by atoms with Gasteiger partial charge in [-0.05, 0) is 142 Å². The molecule has 596 valence electrons. The second-order valence-electron chi connectivity index (χ2n) is 29.4. The molecule has 11 bridgehead atoms. The van der Waals surface area contributed by atoms with Gasteiger partial charge < -0.3 is 116 Å². The molecule has 8 aliphatic rings. The predicted octanol–water partition coefficient (Wildman–Crippen LogP) is 6.54. The Labute approximate surface area is 646 Å². The van der Waals surface area contributed by atoms with Gasteiger partial charge in [0.05, 0.1) is 52.3 Å². The monoisotopic (exact) mass is 1580 g/mol.